The molecular formula is C48H30O. The van der Waals surface area contributed by atoms with Crippen LogP contribution in [-0.2, 0) is 0 Å². The maximum Gasteiger partial charge on any atom is 0.143 e. The van der Waals surface area contributed by atoms with E-state index in [1.165, 1.54) is 0 Å². The summed E-state index contributed by atoms with van der Waals surface area (Å²) in [4.78, 5) is 0. The second-order valence-corrected chi connectivity index (χ2v) is 11.8. The van der Waals surface area contributed by atoms with Crippen molar-refractivity contribution in [2.45, 2.75) is 0 Å². The second-order valence-electron chi connectivity index (χ2n) is 11.8. The fourth-order valence-corrected chi connectivity index (χ4v) is 7.09. The number of fused-ring (bicyclic) bond motifs is 6. The lowest BCUT2D eigenvalue weighted by Crippen LogP contribution is -1.92. The van der Waals surface area contributed by atoms with Crippen LogP contribution in [0.3, 0.4) is 0 Å². The minimum atomic E-state index is -0.728. The Balaban J connectivity index is 1.52. The van der Waals surface area contributed by atoms with E-state index in [1.807, 2.05) is 103 Å². The van der Waals surface area contributed by atoms with Crippen molar-refractivity contribution in [3.8, 4) is 44.7 Å². The lowest BCUT2D eigenvalue weighted by Gasteiger charge is -2.18. The molecule has 0 N–H and O–H groups in total. The molecule has 49 heavy (non-hydrogen) atoms. The Labute approximate surface area is 302 Å². The molecule has 9 aromatic carbocycles. The van der Waals surface area contributed by atoms with Crippen molar-refractivity contribution in [2.75, 3.05) is 0 Å². The molecular weight excluding hydrogens is 593 g/mol. The summed E-state index contributed by atoms with van der Waals surface area (Å²) in [6, 6.07) is 24.1. The molecule has 0 amide bonds. The van der Waals surface area contributed by atoms with Crippen molar-refractivity contribution in [1.82, 2.24) is 0 Å². The fourth-order valence-electron chi connectivity index (χ4n) is 7.09. The van der Waals surface area contributed by atoms with Crippen LogP contribution in [0.2, 0.25) is 0 Å². The van der Waals surface area contributed by atoms with E-state index in [-0.39, 0.29) is 44.0 Å². The van der Waals surface area contributed by atoms with Gasteiger partial charge in [0.05, 0.1) is 17.8 Å². The summed E-state index contributed by atoms with van der Waals surface area (Å²) < 4.78 is 125. The highest BCUT2D eigenvalue weighted by Gasteiger charge is 2.25. The Morgan fingerprint density at radius 3 is 1.67 bits per heavy atom. The van der Waals surface area contributed by atoms with Crippen LogP contribution in [0.1, 0.15) is 17.8 Å². The van der Waals surface area contributed by atoms with Crippen LogP contribution in [0.5, 0.6) is 0 Å². The van der Waals surface area contributed by atoms with Crippen molar-refractivity contribution in [3.05, 3.63) is 182 Å². The zero-order valence-corrected chi connectivity index (χ0v) is 25.7. The van der Waals surface area contributed by atoms with Crippen LogP contribution in [0.25, 0.3) is 98.8 Å². The first-order chi connectivity index (χ1) is 29.7. The molecule has 228 valence electrons. The Bertz CT molecular complexity index is 3510. The van der Waals surface area contributed by atoms with Crippen molar-refractivity contribution < 1.29 is 22.2 Å². The van der Waals surface area contributed by atoms with Gasteiger partial charge in [0, 0.05) is 22.1 Å². The molecule has 1 heteroatoms. The van der Waals surface area contributed by atoms with Gasteiger partial charge in [-0.2, -0.15) is 0 Å². The molecule has 0 saturated heterocycles. The summed E-state index contributed by atoms with van der Waals surface area (Å²) in [5.74, 6) is 0.255. The van der Waals surface area contributed by atoms with Crippen LogP contribution in [0.4, 0.5) is 0 Å². The molecule has 0 aliphatic carbocycles. The van der Waals surface area contributed by atoms with Crippen molar-refractivity contribution in [3.63, 3.8) is 0 Å². The predicted octanol–water partition coefficient (Wildman–Crippen LogP) is 13.7. The highest BCUT2D eigenvalue weighted by Crippen LogP contribution is 2.51. The van der Waals surface area contributed by atoms with E-state index in [2.05, 4.69) is 0 Å². The minimum absolute atomic E-state index is 0.00330. The van der Waals surface area contributed by atoms with E-state index >= 15 is 0 Å². The van der Waals surface area contributed by atoms with Crippen LogP contribution < -0.4 is 0 Å². The van der Waals surface area contributed by atoms with Crippen molar-refractivity contribution in [2.24, 2.45) is 0 Å². The van der Waals surface area contributed by atoms with Gasteiger partial charge < -0.3 is 4.42 Å². The van der Waals surface area contributed by atoms with Crippen LogP contribution in [0, 0.1) is 0 Å². The molecule has 1 nitrogen and oxygen atoms in total. The average Bonchev–Trinajstić information content (AvgIpc) is 3.67. The predicted molar refractivity (Wildman–Crippen MR) is 208 cm³/mol. The Morgan fingerprint density at radius 1 is 0.367 bits per heavy atom. The van der Waals surface area contributed by atoms with Gasteiger partial charge in [0.25, 0.3) is 0 Å². The molecule has 0 aliphatic heterocycles. The van der Waals surface area contributed by atoms with E-state index in [9.17, 15) is 5.48 Å². The smallest absolute Gasteiger partial charge is 0.143 e. The van der Waals surface area contributed by atoms with Gasteiger partial charge in [0.2, 0.25) is 0 Å². The lowest BCUT2D eigenvalue weighted by atomic mass is 9.84. The minimum Gasteiger partial charge on any atom is -0.455 e. The summed E-state index contributed by atoms with van der Waals surface area (Å²) in [5.41, 5.74) is 2.15. The zero-order valence-electron chi connectivity index (χ0n) is 38.7. The van der Waals surface area contributed by atoms with E-state index < -0.39 is 84.1 Å². The van der Waals surface area contributed by atoms with Crippen molar-refractivity contribution >= 4 is 54.1 Å². The van der Waals surface area contributed by atoms with Gasteiger partial charge in [0.1, 0.15) is 11.3 Å². The number of benzene rings is 9. The highest BCUT2D eigenvalue weighted by molar-refractivity contribution is 6.26. The fraction of sp³-hybridized carbons (Fsp3) is 0. The molecule has 0 aliphatic rings. The molecule has 1 aromatic heterocycles. The number of hydrogen-bond donors (Lipinski definition) is 0. The topological polar surface area (TPSA) is 13.1 Å². The van der Waals surface area contributed by atoms with E-state index in [0.29, 0.717) is 16.5 Å². The number of hydrogen-bond acceptors (Lipinski definition) is 1. The third-order valence-electron chi connectivity index (χ3n) is 9.18. The molecule has 1 heterocycles. The molecule has 0 unspecified atom stereocenters. The first-order valence-corrected chi connectivity index (χ1v) is 15.8. The maximum absolute atomic E-state index is 9.61. The molecule has 0 spiro atoms. The normalized spacial score (nSPS) is 15.4. The molecule has 0 radical (unpaired) electrons. The van der Waals surface area contributed by atoms with Crippen LogP contribution in [0.15, 0.2) is 186 Å². The molecule has 10 rings (SSSR count). The Morgan fingerprint density at radius 2 is 0.959 bits per heavy atom. The summed E-state index contributed by atoms with van der Waals surface area (Å²) in [5, 5.41) is 3.04. The van der Waals surface area contributed by atoms with Crippen molar-refractivity contribution in [1.29, 1.82) is 0 Å². The first kappa shape index (κ1) is 17.6. The number of rotatable bonds is 4. The summed E-state index contributed by atoms with van der Waals surface area (Å²) in [6.45, 7) is 0. The molecule has 0 atom stereocenters. The van der Waals surface area contributed by atoms with E-state index in [0.717, 1.165) is 32.7 Å². The molecule has 0 bridgehead atoms. The second kappa shape index (κ2) is 11.1. The molecule has 10 aromatic rings. The third-order valence-corrected chi connectivity index (χ3v) is 9.18. The van der Waals surface area contributed by atoms with Crippen LogP contribution >= 0.6 is 0 Å². The van der Waals surface area contributed by atoms with E-state index in [1.54, 1.807) is 0 Å². The van der Waals surface area contributed by atoms with Gasteiger partial charge in [0.15, 0.2) is 0 Å². The maximum atomic E-state index is 9.61. The summed E-state index contributed by atoms with van der Waals surface area (Å²) >= 11 is 0. The average molecular weight is 636 g/mol. The highest BCUT2D eigenvalue weighted by atomic mass is 16.3. The van der Waals surface area contributed by atoms with Gasteiger partial charge in [-0.25, -0.2) is 0 Å². The zero-order chi connectivity index (χ0) is 43.6. The van der Waals surface area contributed by atoms with Gasteiger partial charge in [-0.3, -0.25) is 0 Å². The SMILES string of the molecule is [2H]c1c([2H])c([2H])c(-c2c3c([2H])c([2H])c([2H])c([2H])c3c(-c3c(-c4cc5ccccc5c5ccccc45)oc4cc(-c5ccccc5)ccc34)c3c([2H])c([2H])c([2H])c([2H])c23)c([2H])c1[2H]. The molecule has 0 fully saturated rings. The first-order valence-electron chi connectivity index (χ1n) is 22.3. The third kappa shape index (κ3) is 4.33. The van der Waals surface area contributed by atoms with Gasteiger partial charge in [-0.15, -0.1) is 0 Å². The van der Waals surface area contributed by atoms with Gasteiger partial charge in [-0.05, 0) is 83.5 Å². The Kier molecular flexibility index (Phi) is 3.99. The standard InChI is InChI=1S/C48H30O/c1-3-15-31(16-4-1)33-27-28-42-44(30-33)49-48(43-29-34-19-7-8-20-35(34)36-21-9-10-22-37(36)43)47(42)46-40-25-13-11-23-38(40)45(32-17-5-2-6-18-32)39-24-12-14-26-41(39)46/h1-30H/i2D,5D,6D,11D,12D,13D,14D,17D,18D,23D,24D,25D,26D. The lowest BCUT2D eigenvalue weighted by molar-refractivity contribution is 0.633. The monoisotopic (exact) mass is 635 g/mol. The van der Waals surface area contributed by atoms with Gasteiger partial charge in [-0.1, -0.05) is 163 Å². The molecule has 0 saturated carbocycles. The van der Waals surface area contributed by atoms with Crippen LogP contribution in [-0.4, -0.2) is 0 Å². The summed E-state index contributed by atoms with van der Waals surface area (Å²) in [7, 11) is 0. The summed E-state index contributed by atoms with van der Waals surface area (Å²) in [6.07, 6.45) is 0. The largest absolute Gasteiger partial charge is 0.455 e. The van der Waals surface area contributed by atoms with E-state index in [4.69, 9.17) is 16.8 Å². The Hall–Kier alpha value is -6.44. The quantitative estimate of drug-likeness (QED) is 0.139. The van der Waals surface area contributed by atoms with Gasteiger partial charge >= 0.3 is 0 Å². The number of furan rings is 1.